The number of hydrogen-bond donors (Lipinski definition) is 0. The highest BCUT2D eigenvalue weighted by molar-refractivity contribution is 7.89. The molecule has 0 atom stereocenters. The lowest BCUT2D eigenvalue weighted by molar-refractivity contribution is -0.130. The van der Waals surface area contributed by atoms with E-state index in [4.69, 9.17) is 4.74 Å². The molecule has 0 radical (unpaired) electrons. The molecule has 0 N–H and O–H groups in total. The molecule has 6 nitrogen and oxygen atoms in total. The van der Waals surface area contributed by atoms with Gasteiger partial charge in [0.05, 0.1) is 4.90 Å². The van der Waals surface area contributed by atoms with Gasteiger partial charge in [-0.05, 0) is 25.1 Å². The van der Waals surface area contributed by atoms with E-state index >= 15 is 0 Å². The third-order valence-electron chi connectivity index (χ3n) is 3.32. The van der Waals surface area contributed by atoms with Crippen LogP contribution in [0.1, 0.15) is 26.3 Å². The van der Waals surface area contributed by atoms with Gasteiger partial charge in [-0.3, -0.25) is 0 Å². The molecule has 0 saturated heterocycles. The highest BCUT2D eigenvalue weighted by Gasteiger charge is 2.26. The maximum absolute atomic E-state index is 12.5. The van der Waals surface area contributed by atoms with Crippen LogP contribution in [0.4, 0.5) is 0 Å². The van der Waals surface area contributed by atoms with Crippen LogP contribution in [0.2, 0.25) is 0 Å². The van der Waals surface area contributed by atoms with E-state index in [1.807, 2.05) is 0 Å². The molecule has 0 amide bonds. The Kier molecular flexibility index (Phi) is 4.77. The van der Waals surface area contributed by atoms with E-state index in [1.54, 1.807) is 39.0 Å². The molecular formula is C15H18N2O4S. The van der Waals surface area contributed by atoms with Gasteiger partial charge in [0.2, 0.25) is 15.9 Å². The summed E-state index contributed by atoms with van der Waals surface area (Å²) < 4.78 is 31.5. The maximum atomic E-state index is 12.5. The van der Waals surface area contributed by atoms with Crippen LogP contribution in [0.15, 0.2) is 45.9 Å². The molecule has 0 spiro atoms. The van der Waals surface area contributed by atoms with Crippen LogP contribution in [-0.4, -0.2) is 37.7 Å². The molecule has 22 heavy (non-hydrogen) atoms. The van der Waals surface area contributed by atoms with Crippen molar-refractivity contribution in [2.75, 3.05) is 13.1 Å². The van der Waals surface area contributed by atoms with Crippen molar-refractivity contribution < 1.29 is 17.9 Å². The zero-order valence-corrected chi connectivity index (χ0v) is 13.6. The quantitative estimate of drug-likeness (QED) is 0.613. The fourth-order valence-corrected chi connectivity index (χ4v) is 3.63. The minimum atomic E-state index is -3.56. The average Bonchev–Trinajstić information content (AvgIpc) is 2.89. The van der Waals surface area contributed by atoms with Crippen molar-refractivity contribution in [1.82, 2.24) is 4.31 Å². The van der Waals surface area contributed by atoms with Crippen LogP contribution < -0.4 is 0 Å². The third-order valence-corrected chi connectivity index (χ3v) is 5.36. The summed E-state index contributed by atoms with van der Waals surface area (Å²) in [5.41, 5.74) is 0.672. The number of aliphatic imine (C=N–C) groups is 1. The molecule has 1 heterocycles. The fourth-order valence-electron chi connectivity index (χ4n) is 2.13. The van der Waals surface area contributed by atoms with Crippen molar-refractivity contribution in [3.05, 3.63) is 41.6 Å². The summed E-state index contributed by atoms with van der Waals surface area (Å²) in [6.45, 7) is 6.03. The normalized spacial score (nSPS) is 17.0. The SMILES string of the molecule is C/C=C1/N=C(c2cccc(S(=O)(=O)N(CC)CC)c2)OC1=O. The summed E-state index contributed by atoms with van der Waals surface area (Å²) in [6, 6.07) is 6.26. The van der Waals surface area contributed by atoms with Crippen molar-refractivity contribution in [2.24, 2.45) is 4.99 Å². The Morgan fingerprint density at radius 2 is 1.95 bits per heavy atom. The van der Waals surface area contributed by atoms with Crippen LogP contribution in [0, 0.1) is 0 Å². The Bertz CT molecular complexity index is 747. The number of carbonyl (C=O) groups is 1. The van der Waals surface area contributed by atoms with E-state index in [2.05, 4.69) is 4.99 Å². The Morgan fingerprint density at radius 1 is 1.27 bits per heavy atom. The molecule has 1 aliphatic heterocycles. The third kappa shape index (κ3) is 2.95. The molecule has 0 fully saturated rings. The molecule has 1 aliphatic rings. The average molecular weight is 322 g/mol. The predicted octanol–water partition coefficient (Wildman–Crippen LogP) is 1.92. The predicted molar refractivity (Wildman–Crippen MR) is 82.9 cm³/mol. The van der Waals surface area contributed by atoms with Crippen molar-refractivity contribution in [3.8, 4) is 0 Å². The van der Waals surface area contributed by atoms with Crippen LogP contribution >= 0.6 is 0 Å². The van der Waals surface area contributed by atoms with Crippen LogP contribution in [0.5, 0.6) is 0 Å². The van der Waals surface area contributed by atoms with Gasteiger partial charge in [-0.25, -0.2) is 18.2 Å². The van der Waals surface area contributed by atoms with Crippen molar-refractivity contribution in [1.29, 1.82) is 0 Å². The number of sulfonamides is 1. The van der Waals surface area contributed by atoms with Gasteiger partial charge in [0.25, 0.3) is 0 Å². The molecule has 0 bridgehead atoms. The van der Waals surface area contributed by atoms with Gasteiger partial charge in [0, 0.05) is 18.7 Å². The molecule has 0 aromatic heterocycles. The van der Waals surface area contributed by atoms with Crippen molar-refractivity contribution >= 4 is 21.9 Å². The number of cyclic esters (lactones) is 1. The summed E-state index contributed by atoms with van der Waals surface area (Å²) in [5.74, 6) is -0.413. The summed E-state index contributed by atoms with van der Waals surface area (Å²) >= 11 is 0. The highest BCUT2D eigenvalue weighted by atomic mass is 32.2. The number of nitrogens with zero attached hydrogens (tertiary/aromatic N) is 2. The Hall–Kier alpha value is -1.99. The second-order valence-corrected chi connectivity index (χ2v) is 6.54. The van der Waals surface area contributed by atoms with Gasteiger partial charge in [0.1, 0.15) is 5.70 Å². The largest absolute Gasteiger partial charge is 0.402 e. The Morgan fingerprint density at radius 3 is 2.50 bits per heavy atom. The van der Waals surface area contributed by atoms with Crippen LogP contribution in [0.3, 0.4) is 0 Å². The van der Waals surface area contributed by atoms with E-state index in [1.165, 1.54) is 16.4 Å². The molecule has 0 aliphatic carbocycles. The molecule has 1 aromatic carbocycles. The number of benzene rings is 1. The van der Waals surface area contributed by atoms with Crippen molar-refractivity contribution in [2.45, 2.75) is 25.7 Å². The molecule has 2 rings (SSSR count). The standard InChI is InChI=1S/C15H18N2O4S/c1-4-13-15(18)21-14(16-13)11-8-7-9-12(10-11)22(19,20)17(5-2)6-3/h4,7-10H,5-6H2,1-3H3/b13-4+. The zero-order valence-electron chi connectivity index (χ0n) is 12.7. The second-order valence-electron chi connectivity index (χ2n) is 4.60. The van der Waals surface area contributed by atoms with Gasteiger partial charge >= 0.3 is 5.97 Å². The summed E-state index contributed by atoms with van der Waals surface area (Å²) in [4.78, 5) is 15.8. The number of ether oxygens (including phenoxy) is 1. The smallest absolute Gasteiger partial charge is 0.363 e. The van der Waals surface area contributed by atoms with Gasteiger partial charge in [-0.15, -0.1) is 0 Å². The molecule has 7 heteroatoms. The topological polar surface area (TPSA) is 76.0 Å². The number of carbonyl (C=O) groups excluding carboxylic acids is 1. The number of esters is 1. The van der Waals surface area contributed by atoms with E-state index < -0.39 is 16.0 Å². The van der Waals surface area contributed by atoms with E-state index in [-0.39, 0.29) is 16.5 Å². The van der Waals surface area contributed by atoms with E-state index in [0.29, 0.717) is 18.7 Å². The zero-order chi connectivity index (χ0) is 16.3. The lowest BCUT2D eigenvalue weighted by Gasteiger charge is -2.18. The van der Waals surface area contributed by atoms with E-state index in [0.717, 1.165) is 0 Å². The summed E-state index contributed by atoms with van der Waals surface area (Å²) in [6.07, 6.45) is 1.55. The monoisotopic (exact) mass is 322 g/mol. The van der Waals surface area contributed by atoms with Gasteiger partial charge < -0.3 is 4.74 Å². The fraction of sp³-hybridized carbons (Fsp3) is 0.333. The number of rotatable bonds is 5. The lowest BCUT2D eigenvalue weighted by Crippen LogP contribution is -2.30. The number of hydrogen-bond acceptors (Lipinski definition) is 5. The maximum Gasteiger partial charge on any atom is 0.363 e. The second kappa shape index (κ2) is 6.41. The lowest BCUT2D eigenvalue weighted by atomic mass is 10.2. The van der Waals surface area contributed by atoms with Gasteiger partial charge in [0.15, 0.2) is 0 Å². The molecule has 1 aromatic rings. The van der Waals surface area contributed by atoms with Crippen molar-refractivity contribution in [3.63, 3.8) is 0 Å². The van der Waals surface area contributed by atoms with E-state index in [9.17, 15) is 13.2 Å². The first-order valence-corrected chi connectivity index (χ1v) is 8.45. The first kappa shape index (κ1) is 16.4. The Labute approximate surface area is 130 Å². The molecular weight excluding hydrogens is 304 g/mol. The Balaban J connectivity index is 2.42. The van der Waals surface area contributed by atoms with Crippen LogP contribution in [-0.2, 0) is 19.6 Å². The van der Waals surface area contributed by atoms with Gasteiger partial charge in [-0.1, -0.05) is 26.0 Å². The molecule has 0 saturated carbocycles. The molecule has 118 valence electrons. The first-order chi connectivity index (χ1) is 10.4. The number of allylic oxidation sites excluding steroid dienone is 1. The minimum absolute atomic E-state index is 0.120. The first-order valence-electron chi connectivity index (χ1n) is 7.01. The molecule has 0 unspecified atom stereocenters. The van der Waals surface area contributed by atoms with Crippen LogP contribution in [0.25, 0.3) is 0 Å². The minimum Gasteiger partial charge on any atom is -0.402 e. The highest BCUT2D eigenvalue weighted by Crippen LogP contribution is 2.21. The summed E-state index contributed by atoms with van der Waals surface area (Å²) in [5, 5.41) is 0. The van der Waals surface area contributed by atoms with Gasteiger partial charge in [-0.2, -0.15) is 4.31 Å². The summed E-state index contributed by atoms with van der Waals surface area (Å²) in [7, 11) is -3.56.